The number of aromatic nitrogens is 2. The summed E-state index contributed by atoms with van der Waals surface area (Å²) < 4.78 is 13.4. The Kier molecular flexibility index (Phi) is 6.73. The van der Waals surface area contributed by atoms with Crippen LogP contribution in [0.25, 0.3) is 0 Å². The van der Waals surface area contributed by atoms with Gasteiger partial charge >= 0.3 is 0 Å². The van der Waals surface area contributed by atoms with Crippen LogP contribution < -0.4 is 10.2 Å². The maximum atomic E-state index is 13.8. The Labute approximate surface area is 197 Å². The van der Waals surface area contributed by atoms with E-state index < -0.39 is 23.7 Å². The van der Waals surface area contributed by atoms with Crippen LogP contribution in [0.5, 0.6) is 0 Å². The van der Waals surface area contributed by atoms with E-state index in [4.69, 9.17) is 0 Å². The third-order valence-electron chi connectivity index (χ3n) is 5.41. The zero-order valence-electron chi connectivity index (χ0n) is 18.8. The van der Waals surface area contributed by atoms with E-state index in [1.165, 1.54) is 47.8 Å². The molecule has 0 radical (unpaired) electrons. The number of amides is 2. The Morgan fingerprint density at radius 2 is 1.62 bits per heavy atom. The van der Waals surface area contributed by atoms with Crippen molar-refractivity contribution in [1.29, 1.82) is 0 Å². The highest BCUT2D eigenvalue weighted by Gasteiger charge is 2.35. The van der Waals surface area contributed by atoms with Crippen molar-refractivity contribution < 1.29 is 14.0 Å². The van der Waals surface area contributed by atoms with Gasteiger partial charge in [-0.1, -0.05) is 42.0 Å². The van der Waals surface area contributed by atoms with Crippen LogP contribution in [0.1, 0.15) is 33.2 Å². The molecule has 1 heterocycles. The maximum Gasteiger partial charge on any atom is 0.279 e. The minimum absolute atomic E-state index is 0.108. The second-order valence-electron chi connectivity index (χ2n) is 7.86. The van der Waals surface area contributed by atoms with E-state index in [0.29, 0.717) is 16.9 Å². The summed E-state index contributed by atoms with van der Waals surface area (Å²) in [6, 6.07) is 19.2. The molecule has 7 heteroatoms. The van der Waals surface area contributed by atoms with Gasteiger partial charge in [-0.15, -0.1) is 0 Å². The van der Waals surface area contributed by atoms with Gasteiger partial charge in [-0.2, -0.15) is 0 Å². The zero-order chi connectivity index (χ0) is 24.1. The number of halogens is 1. The van der Waals surface area contributed by atoms with Crippen LogP contribution in [-0.4, -0.2) is 21.8 Å². The maximum absolute atomic E-state index is 13.8. The molecule has 170 valence electrons. The van der Waals surface area contributed by atoms with Crippen molar-refractivity contribution in [2.24, 2.45) is 0 Å². The first-order valence-corrected chi connectivity index (χ1v) is 10.7. The van der Waals surface area contributed by atoms with E-state index in [1.54, 1.807) is 12.1 Å². The monoisotopic (exact) mass is 454 g/mol. The summed E-state index contributed by atoms with van der Waals surface area (Å²) in [5.41, 5.74) is 3.56. The average Bonchev–Trinajstić information content (AvgIpc) is 2.85. The van der Waals surface area contributed by atoms with Crippen LogP contribution in [0.2, 0.25) is 0 Å². The number of aryl methyl sites for hydroxylation is 2. The van der Waals surface area contributed by atoms with E-state index in [-0.39, 0.29) is 5.69 Å². The predicted octanol–water partition coefficient (Wildman–Crippen LogP) is 5.26. The fourth-order valence-electron chi connectivity index (χ4n) is 3.66. The number of carbonyl (C=O) groups is 2. The van der Waals surface area contributed by atoms with Crippen molar-refractivity contribution >= 4 is 23.2 Å². The largest absolute Gasteiger partial charge is 0.324 e. The van der Waals surface area contributed by atoms with Gasteiger partial charge in [0.15, 0.2) is 0 Å². The molecular formula is C27H23FN4O2. The van der Waals surface area contributed by atoms with Crippen LogP contribution in [0.3, 0.4) is 0 Å². The molecule has 34 heavy (non-hydrogen) atoms. The lowest BCUT2D eigenvalue weighted by Crippen LogP contribution is -2.42. The lowest BCUT2D eigenvalue weighted by atomic mass is 9.97. The molecule has 1 aromatic heterocycles. The standard InChI is InChI=1S/C27H23FN4O2/c1-18-7-13-22(14-8-18)32(27(34)24-17-29-15-16-30-24)25(23-6-4-3-5-19(23)2)26(33)31-21-11-9-20(28)10-12-21/h3-17,25H,1-2H3,(H,31,33)/t25-/m0/s1. The van der Waals surface area contributed by atoms with Crippen LogP contribution in [0.4, 0.5) is 15.8 Å². The average molecular weight is 455 g/mol. The summed E-state index contributed by atoms with van der Waals surface area (Å²) >= 11 is 0. The molecule has 1 atom stereocenters. The molecule has 0 aliphatic rings. The summed E-state index contributed by atoms with van der Waals surface area (Å²) in [6.07, 6.45) is 4.28. The van der Waals surface area contributed by atoms with Crippen molar-refractivity contribution in [1.82, 2.24) is 9.97 Å². The third-order valence-corrected chi connectivity index (χ3v) is 5.41. The molecule has 0 aliphatic heterocycles. The molecule has 1 N–H and O–H groups in total. The van der Waals surface area contributed by atoms with Crippen LogP contribution >= 0.6 is 0 Å². The molecule has 0 aliphatic carbocycles. The quantitative estimate of drug-likeness (QED) is 0.431. The van der Waals surface area contributed by atoms with Gasteiger partial charge in [0.25, 0.3) is 11.8 Å². The molecule has 4 aromatic rings. The minimum Gasteiger partial charge on any atom is -0.324 e. The van der Waals surface area contributed by atoms with Crippen molar-refractivity contribution in [3.05, 3.63) is 120 Å². The first kappa shape index (κ1) is 22.8. The molecule has 3 aromatic carbocycles. The van der Waals surface area contributed by atoms with Gasteiger partial charge in [0.05, 0.1) is 6.20 Å². The molecular weight excluding hydrogens is 431 g/mol. The first-order chi connectivity index (χ1) is 16.4. The van der Waals surface area contributed by atoms with Gasteiger partial charge in [-0.25, -0.2) is 9.37 Å². The fourth-order valence-corrected chi connectivity index (χ4v) is 3.66. The van der Waals surface area contributed by atoms with Crippen molar-refractivity contribution in [3.8, 4) is 0 Å². The molecule has 0 fully saturated rings. The Hall–Kier alpha value is -4.39. The number of anilines is 2. The van der Waals surface area contributed by atoms with E-state index in [0.717, 1.165) is 11.1 Å². The highest BCUT2D eigenvalue weighted by Crippen LogP contribution is 2.32. The number of hydrogen-bond donors (Lipinski definition) is 1. The van der Waals surface area contributed by atoms with E-state index in [1.807, 2.05) is 50.2 Å². The van der Waals surface area contributed by atoms with Gasteiger partial charge < -0.3 is 5.32 Å². The van der Waals surface area contributed by atoms with Gasteiger partial charge in [0, 0.05) is 23.8 Å². The molecule has 2 amide bonds. The Balaban J connectivity index is 1.85. The van der Waals surface area contributed by atoms with Crippen LogP contribution in [-0.2, 0) is 4.79 Å². The van der Waals surface area contributed by atoms with Crippen molar-refractivity contribution in [2.45, 2.75) is 19.9 Å². The second-order valence-corrected chi connectivity index (χ2v) is 7.86. The van der Waals surface area contributed by atoms with Crippen molar-refractivity contribution in [3.63, 3.8) is 0 Å². The lowest BCUT2D eigenvalue weighted by molar-refractivity contribution is -0.117. The SMILES string of the molecule is Cc1ccc(N(C(=O)c2cnccn2)[C@H](C(=O)Nc2ccc(F)cc2)c2ccccc2C)cc1. The lowest BCUT2D eigenvalue weighted by Gasteiger charge is -2.32. The Morgan fingerprint density at radius 3 is 2.26 bits per heavy atom. The summed E-state index contributed by atoms with van der Waals surface area (Å²) in [6.45, 7) is 3.83. The van der Waals surface area contributed by atoms with Crippen LogP contribution in [0.15, 0.2) is 91.4 Å². The highest BCUT2D eigenvalue weighted by atomic mass is 19.1. The van der Waals surface area contributed by atoms with E-state index >= 15 is 0 Å². The summed E-state index contributed by atoms with van der Waals surface area (Å²) in [7, 11) is 0. The van der Waals surface area contributed by atoms with Gasteiger partial charge in [0.2, 0.25) is 0 Å². The topological polar surface area (TPSA) is 75.2 Å². The molecule has 0 bridgehead atoms. The normalized spacial score (nSPS) is 11.5. The number of benzene rings is 3. The molecule has 0 saturated heterocycles. The molecule has 0 spiro atoms. The van der Waals surface area contributed by atoms with E-state index in [2.05, 4.69) is 15.3 Å². The summed E-state index contributed by atoms with van der Waals surface area (Å²) in [5.74, 6) is -1.33. The fraction of sp³-hybridized carbons (Fsp3) is 0.111. The highest BCUT2D eigenvalue weighted by molar-refractivity contribution is 6.11. The summed E-state index contributed by atoms with van der Waals surface area (Å²) in [4.78, 5) is 37.1. The Bertz CT molecular complexity index is 1290. The van der Waals surface area contributed by atoms with Gasteiger partial charge in [-0.3, -0.25) is 19.5 Å². The zero-order valence-corrected chi connectivity index (χ0v) is 18.8. The molecule has 6 nitrogen and oxygen atoms in total. The first-order valence-electron chi connectivity index (χ1n) is 10.7. The number of hydrogen-bond acceptors (Lipinski definition) is 4. The van der Waals surface area contributed by atoms with Crippen LogP contribution in [0, 0.1) is 19.7 Å². The minimum atomic E-state index is -1.02. The van der Waals surface area contributed by atoms with E-state index in [9.17, 15) is 14.0 Å². The summed E-state index contributed by atoms with van der Waals surface area (Å²) in [5, 5.41) is 2.83. The number of rotatable bonds is 6. The smallest absolute Gasteiger partial charge is 0.279 e. The Morgan fingerprint density at radius 1 is 0.912 bits per heavy atom. The van der Waals surface area contributed by atoms with Gasteiger partial charge in [-0.05, 0) is 61.4 Å². The van der Waals surface area contributed by atoms with Gasteiger partial charge in [0.1, 0.15) is 17.6 Å². The second kappa shape index (κ2) is 10.0. The molecule has 0 unspecified atom stereocenters. The molecule has 4 rings (SSSR count). The third kappa shape index (κ3) is 4.99. The van der Waals surface area contributed by atoms with Crippen molar-refractivity contribution in [2.75, 3.05) is 10.2 Å². The number of nitrogens with zero attached hydrogens (tertiary/aromatic N) is 3. The predicted molar refractivity (Wildman–Crippen MR) is 129 cm³/mol. The molecule has 0 saturated carbocycles. The number of nitrogens with one attached hydrogen (secondary N) is 1. The number of carbonyl (C=O) groups excluding carboxylic acids is 2.